The molecule has 2 aromatic rings. The maximum atomic E-state index is 12.5. The number of benzene rings is 2. The summed E-state index contributed by atoms with van der Waals surface area (Å²) in [6.07, 6.45) is 0. The Morgan fingerprint density at radius 1 is 1.11 bits per heavy atom. The Morgan fingerprint density at radius 3 is 2.47 bits per heavy atom. The van der Waals surface area contributed by atoms with E-state index < -0.39 is 0 Å². The molecule has 2 nitrogen and oxygen atoms in total. The Bertz CT molecular complexity index is 671. The van der Waals surface area contributed by atoms with Gasteiger partial charge in [-0.2, -0.15) is 0 Å². The van der Waals surface area contributed by atoms with Crippen LogP contribution in [0, 0.1) is 6.92 Å². The molecule has 1 amide bonds. The van der Waals surface area contributed by atoms with Gasteiger partial charge in [-0.25, -0.2) is 0 Å². The molecule has 0 fully saturated rings. The molecular weight excluding hydrogens is 302 g/mol. The second-order valence-electron chi connectivity index (χ2n) is 4.56. The van der Waals surface area contributed by atoms with E-state index in [1.807, 2.05) is 49.4 Å². The first-order valence-electron chi connectivity index (χ1n) is 5.98. The van der Waals surface area contributed by atoms with Gasteiger partial charge in [-0.1, -0.05) is 46.8 Å². The molecule has 0 aromatic heterocycles. The Balaban J connectivity index is 2.17. The van der Waals surface area contributed by atoms with Gasteiger partial charge < -0.3 is 0 Å². The number of hydrogen-bond acceptors (Lipinski definition) is 1. The van der Waals surface area contributed by atoms with Gasteiger partial charge in [0.25, 0.3) is 5.91 Å². The predicted molar refractivity (Wildman–Crippen MR) is 81.2 cm³/mol. The third kappa shape index (κ3) is 1.81. The van der Waals surface area contributed by atoms with Crippen LogP contribution in [0.15, 0.2) is 53.5 Å². The third-order valence-corrected chi connectivity index (χ3v) is 3.85. The number of aryl methyl sites for hydroxylation is 1. The van der Waals surface area contributed by atoms with E-state index in [1.165, 1.54) is 0 Å². The molecule has 3 heteroatoms. The average molecular weight is 314 g/mol. The van der Waals surface area contributed by atoms with Crippen LogP contribution in [0.2, 0.25) is 0 Å². The zero-order valence-corrected chi connectivity index (χ0v) is 12.1. The number of halogens is 1. The van der Waals surface area contributed by atoms with Gasteiger partial charge in [0.2, 0.25) is 0 Å². The van der Waals surface area contributed by atoms with Crippen molar-refractivity contribution in [2.75, 3.05) is 4.90 Å². The molecule has 0 spiro atoms. The summed E-state index contributed by atoms with van der Waals surface area (Å²) in [5, 5.41) is 0. The fourth-order valence-electron chi connectivity index (χ4n) is 2.36. The summed E-state index contributed by atoms with van der Waals surface area (Å²) < 4.78 is 0.949. The van der Waals surface area contributed by atoms with Crippen LogP contribution in [-0.4, -0.2) is 5.91 Å². The molecule has 0 N–H and O–H groups in total. The van der Waals surface area contributed by atoms with Crippen molar-refractivity contribution >= 4 is 33.2 Å². The second-order valence-corrected chi connectivity index (χ2v) is 5.48. The lowest BCUT2D eigenvalue weighted by molar-refractivity contribution is 0.101. The van der Waals surface area contributed by atoms with Crippen molar-refractivity contribution < 1.29 is 4.79 Å². The molecule has 0 saturated carbocycles. The van der Waals surface area contributed by atoms with E-state index >= 15 is 0 Å². The highest BCUT2D eigenvalue weighted by Gasteiger charge is 2.32. The molecular formula is C16H12BrNO. The molecule has 0 radical (unpaired) electrons. The van der Waals surface area contributed by atoms with Crippen molar-refractivity contribution in [3.05, 3.63) is 70.2 Å². The zero-order chi connectivity index (χ0) is 13.6. The monoisotopic (exact) mass is 313 g/mol. The smallest absolute Gasteiger partial charge is 0.263 e. The van der Waals surface area contributed by atoms with Crippen molar-refractivity contribution in [1.82, 2.24) is 0 Å². The molecule has 0 unspecified atom stereocenters. The number of anilines is 1. The van der Waals surface area contributed by atoms with Crippen molar-refractivity contribution in [3.8, 4) is 0 Å². The van der Waals surface area contributed by atoms with E-state index in [0.29, 0.717) is 5.56 Å². The summed E-state index contributed by atoms with van der Waals surface area (Å²) in [7, 11) is 0. The van der Waals surface area contributed by atoms with Gasteiger partial charge in [-0.15, -0.1) is 0 Å². The minimum atomic E-state index is -0.0122. The van der Waals surface area contributed by atoms with Crippen LogP contribution in [0.25, 0.3) is 5.70 Å². The maximum Gasteiger partial charge on any atom is 0.263 e. The van der Waals surface area contributed by atoms with E-state index in [2.05, 4.69) is 22.5 Å². The minimum Gasteiger partial charge on any atom is -0.277 e. The fourth-order valence-corrected chi connectivity index (χ4v) is 2.71. The first kappa shape index (κ1) is 12.2. The molecule has 1 aliphatic heterocycles. The highest BCUT2D eigenvalue weighted by Crippen LogP contribution is 2.37. The van der Waals surface area contributed by atoms with E-state index in [4.69, 9.17) is 0 Å². The quantitative estimate of drug-likeness (QED) is 0.764. The van der Waals surface area contributed by atoms with Crippen LogP contribution >= 0.6 is 15.9 Å². The number of carbonyl (C=O) groups excluding carboxylic acids is 1. The lowest BCUT2D eigenvalue weighted by Gasteiger charge is -2.20. The summed E-state index contributed by atoms with van der Waals surface area (Å²) in [6, 6.07) is 13.5. The van der Waals surface area contributed by atoms with Gasteiger partial charge >= 0.3 is 0 Å². The van der Waals surface area contributed by atoms with Crippen molar-refractivity contribution in [2.24, 2.45) is 0 Å². The molecule has 0 saturated heterocycles. The lowest BCUT2D eigenvalue weighted by Crippen LogP contribution is -2.22. The van der Waals surface area contributed by atoms with Crippen LogP contribution in [0.4, 0.5) is 5.69 Å². The number of hydrogen-bond donors (Lipinski definition) is 0. The van der Waals surface area contributed by atoms with E-state index in [0.717, 1.165) is 27.0 Å². The van der Waals surface area contributed by atoms with E-state index in [9.17, 15) is 4.79 Å². The summed E-state index contributed by atoms with van der Waals surface area (Å²) in [4.78, 5) is 14.2. The van der Waals surface area contributed by atoms with Crippen molar-refractivity contribution in [3.63, 3.8) is 0 Å². The topological polar surface area (TPSA) is 20.3 Å². The standard InChI is InChI=1S/C16H12BrNO/c1-10-7-8-12(17)9-15(10)18-11(2)13-5-3-4-6-14(13)16(18)19/h3-9H,2H2,1H3. The lowest BCUT2D eigenvalue weighted by atomic mass is 10.1. The van der Waals surface area contributed by atoms with Crippen LogP contribution in [-0.2, 0) is 0 Å². The first-order chi connectivity index (χ1) is 9.09. The van der Waals surface area contributed by atoms with Crippen LogP contribution in [0.5, 0.6) is 0 Å². The average Bonchev–Trinajstić information content (AvgIpc) is 2.66. The van der Waals surface area contributed by atoms with Crippen LogP contribution < -0.4 is 4.90 Å². The summed E-state index contributed by atoms with van der Waals surface area (Å²) in [5.41, 5.74) is 4.28. The van der Waals surface area contributed by atoms with Gasteiger partial charge in [0, 0.05) is 15.6 Å². The minimum absolute atomic E-state index is 0.0122. The normalized spacial score (nSPS) is 13.9. The van der Waals surface area contributed by atoms with E-state index in [1.54, 1.807) is 4.90 Å². The fraction of sp³-hybridized carbons (Fsp3) is 0.0625. The molecule has 3 rings (SSSR count). The molecule has 0 atom stereocenters. The Kier molecular flexibility index (Phi) is 2.79. The van der Waals surface area contributed by atoms with Crippen LogP contribution in [0.3, 0.4) is 0 Å². The highest BCUT2D eigenvalue weighted by atomic mass is 79.9. The molecule has 94 valence electrons. The van der Waals surface area contributed by atoms with Crippen molar-refractivity contribution in [1.29, 1.82) is 0 Å². The highest BCUT2D eigenvalue weighted by molar-refractivity contribution is 9.10. The first-order valence-corrected chi connectivity index (χ1v) is 6.78. The molecule has 2 aromatic carbocycles. The number of rotatable bonds is 1. The predicted octanol–water partition coefficient (Wildman–Crippen LogP) is 4.39. The van der Waals surface area contributed by atoms with Crippen molar-refractivity contribution in [2.45, 2.75) is 6.92 Å². The summed E-state index contributed by atoms with van der Waals surface area (Å²) in [5.74, 6) is -0.0122. The Labute approximate surface area is 120 Å². The SMILES string of the molecule is C=C1c2ccccc2C(=O)N1c1cc(Br)ccc1C. The number of nitrogens with zero attached hydrogens (tertiary/aromatic N) is 1. The molecule has 0 aliphatic carbocycles. The number of amides is 1. The number of carbonyl (C=O) groups is 1. The van der Waals surface area contributed by atoms with Gasteiger partial charge in [0.15, 0.2) is 0 Å². The molecule has 1 heterocycles. The summed E-state index contributed by atoms with van der Waals surface area (Å²) in [6.45, 7) is 6.06. The Morgan fingerprint density at radius 2 is 1.79 bits per heavy atom. The summed E-state index contributed by atoms with van der Waals surface area (Å²) >= 11 is 3.45. The zero-order valence-electron chi connectivity index (χ0n) is 10.5. The van der Waals surface area contributed by atoms with E-state index in [-0.39, 0.29) is 5.91 Å². The molecule has 0 bridgehead atoms. The Hall–Kier alpha value is -1.87. The molecule has 19 heavy (non-hydrogen) atoms. The van der Waals surface area contributed by atoms with Gasteiger partial charge in [-0.05, 0) is 30.7 Å². The van der Waals surface area contributed by atoms with Crippen LogP contribution in [0.1, 0.15) is 21.5 Å². The second kappa shape index (κ2) is 4.35. The maximum absolute atomic E-state index is 12.5. The largest absolute Gasteiger partial charge is 0.277 e. The number of fused-ring (bicyclic) bond motifs is 1. The van der Waals surface area contributed by atoms with Gasteiger partial charge in [0.05, 0.1) is 11.4 Å². The molecule has 1 aliphatic rings. The van der Waals surface area contributed by atoms with Gasteiger partial charge in [-0.3, -0.25) is 9.69 Å². The third-order valence-electron chi connectivity index (χ3n) is 3.35. The van der Waals surface area contributed by atoms with Gasteiger partial charge in [0.1, 0.15) is 0 Å².